The fourth-order valence-electron chi connectivity index (χ4n) is 3.90. The highest BCUT2D eigenvalue weighted by Crippen LogP contribution is 2.41. The lowest BCUT2D eigenvalue weighted by atomic mass is 9.77. The molecule has 1 aromatic rings. The van der Waals surface area contributed by atoms with E-state index in [4.69, 9.17) is 4.74 Å². The molecule has 3 rings (SSSR count). The zero-order valence-electron chi connectivity index (χ0n) is 15.5. The standard InChI is InChI=1S/C19H26N2O4S/c1-14(22)15-4-5-16(26-15)18(24)20-9-6-19(7-10-20)12-17(23)21(13-19)8-3-11-25-2/h4-5H,3,6-13H2,1-2H3. The SMILES string of the molecule is COCCCN1CC2(CCN(C(=O)c3ccc(C(C)=O)s3)CC2)CC1=O. The van der Waals surface area contributed by atoms with Gasteiger partial charge in [0, 0.05) is 51.7 Å². The van der Waals surface area contributed by atoms with Crippen molar-refractivity contribution in [1.82, 2.24) is 9.80 Å². The predicted octanol–water partition coefficient (Wildman–Crippen LogP) is 2.44. The van der Waals surface area contributed by atoms with Crippen molar-refractivity contribution in [3.05, 3.63) is 21.9 Å². The van der Waals surface area contributed by atoms with E-state index in [-0.39, 0.29) is 23.0 Å². The average Bonchev–Trinajstić information content (AvgIpc) is 3.21. The van der Waals surface area contributed by atoms with Gasteiger partial charge < -0.3 is 14.5 Å². The number of ketones is 1. The molecule has 0 aromatic carbocycles. The summed E-state index contributed by atoms with van der Waals surface area (Å²) in [7, 11) is 1.67. The van der Waals surface area contributed by atoms with Gasteiger partial charge in [-0.15, -0.1) is 11.3 Å². The molecule has 0 unspecified atom stereocenters. The number of piperidine rings is 1. The zero-order valence-corrected chi connectivity index (χ0v) is 16.3. The van der Waals surface area contributed by atoms with Crippen LogP contribution >= 0.6 is 11.3 Å². The Morgan fingerprint density at radius 1 is 1.23 bits per heavy atom. The molecular weight excluding hydrogens is 352 g/mol. The number of likely N-dealkylation sites (tertiary alicyclic amines) is 2. The summed E-state index contributed by atoms with van der Waals surface area (Å²) < 4.78 is 5.07. The lowest BCUT2D eigenvalue weighted by molar-refractivity contribution is -0.128. The summed E-state index contributed by atoms with van der Waals surface area (Å²) in [5, 5.41) is 0. The predicted molar refractivity (Wildman–Crippen MR) is 99.6 cm³/mol. The molecule has 26 heavy (non-hydrogen) atoms. The molecule has 6 nitrogen and oxygen atoms in total. The molecule has 7 heteroatoms. The molecule has 2 aliphatic heterocycles. The number of amides is 2. The first-order valence-electron chi connectivity index (χ1n) is 9.11. The summed E-state index contributed by atoms with van der Waals surface area (Å²) in [5.41, 5.74) is 0.0148. The van der Waals surface area contributed by atoms with Gasteiger partial charge in [0.2, 0.25) is 5.91 Å². The number of Topliss-reactive ketones (excluding diaryl/α,β-unsaturated/α-hetero) is 1. The molecule has 142 valence electrons. The Kier molecular flexibility index (Phi) is 5.77. The minimum Gasteiger partial charge on any atom is -0.385 e. The normalized spacial score (nSPS) is 19.4. The van der Waals surface area contributed by atoms with Crippen molar-refractivity contribution in [1.29, 1.82) is 0 Å². The molecule has 0 atom stereocenters. The molecule has 3 heterocycles. The van der Waals surface area contributed by atoms with Crippen molar-refractivity contribution in [3.8, 4) is 0 Å². The van der Waals surface area contributed by atoms with Crippen LogP contribution in [0, 0.1) is 5.41 Å². The molecule has 0 bridgehead atoms. The maximum atomic E-state index is 12.7. The second kappa shape index (κ2) is 7.88. The van der Waals surface area contributed by atoms with Gasteiger partial charge in [0.25, 0.3) is 5.91 Å². The van der Waals surface area contributed by atoms with E-state index >= 15 is 0 Å². The Bertz CT molecular complexity index is 691. The molecule has 1 aromatic heterocycles. The van der Waals surface area contributed by atoms with Gasteiger partial charge in [-0.05, 0) is 38.3 Å². The third-order valence-electron chi connectivity index (χ3n) is 5.46. The quantitative estimate of drug-likeness (QED) is 0.563. The van der Waals surface area contributed by atoms with E-state index in [2.05, 4.69) is 0 Å². The van der Waals surface area contributed by atoms with Crippen molar-refractivity contribution in [3.63, 3.8) is 0 Å². The topological polar surface area (TPSA) is 66.9 Å². The summed E-state index contributed by atoms with van der Waals surface area (Å²) in [6, 6.07) is 3.46. The first kappa shape index (κ1) is 19.0. The molecule has 0 aliphatic carbocycles. The maximum absolute atomic E-state index is 12.7. The molecule has 2 amide bonds. The summed E-state index contributed by atoms with van der Waals surface area (Å²) in [5.74, 6) is 0.216. The van der Waals surface area contributed by atoms with E-state index in [1.165, 1.54) is 18.3 Å². The first-order chi connectivity index (χ1) is 12.4. The second-order valence-corrected chi connectivity index (χ2v) is 8.43. The van der Waals surface area contributed by atoms with E-state index in [9.17, 15) is 14.4 Å². The molecular formula is C19H26N2O4S. The van der Waals surface area contributed by atoms with Gasteiger partial charge in [0.15, 0.2) is 5.78 Å². The maximum Gasteiger partial charge on any atom is 0.263 e. The minimum atomic E-state index is -0.00956. The number of thiophene rings is 1. The van der Waals surface area contributed by atoms with Crippen LogP contribution in [0.2, 0.25) is 0 Å². The van der Waals surface area contributed by atoms with Crippen LogP contribution in [0.5, 0.6) is 0 Å². The summed E-state index contributed by atoms with van der Waals surface area (Å²) in [6.07, 6.45) is 3.17. The van der Waals surface area contributed by atoms with Crippen LogP contribution in [-0.4, -0.2) is 67.3 Å². The third-order valence-corrected chi connectivity index (χ3v) is 6.63. The van der Waals surface area contributed by atoms with Crippen LogP contribution in [0.25, 0.3) is 0 Å². The molecule has 2 fully saturated rings. The highest BCUT2D eigenvalue weighted by molar-refractivity contribution is 7.15. The lowest BCUT2D eigenvalue weighted by Crippen LogP contribution is -2.44. The monoisotopic (exact) mass is 378 g/mol. The Hall–Kier alpha value is -1.73. The Morgan fingerprint density at radius 3 is 2.54 bits per heavy atom. The summed E-state index contributed by atoms with van der Waals surface area (Å²) in [4.78, 5) is 41.5. The Morgan fingerprint density at radius 2 is 1.92 bits per heavy atom. The van der Waals surface area contributed by atoms with Crippen LogP contribution in [0.4, 0.5) is 0 Å². The van der Waals surface area contributed by atoms with Gasteiger partial charge >= 0.3 is 0 Å². The Labute approximate surface area is 158 Å². The molecule has 0 N–H and O–H groups in total. The van der Waals surface area contributed by atoms with Crippen LogP contribution in [-0.2, 0) is 9.53 Å². The smallest absolute Gasteiger partial charge is 0.263 e. The molecule has 2 saturated heterocycles. The van der Waals surface area contributed by atoms with Crippen molar-refractivity contribution < 1.29 is 19.1 Å². The number of nitrogens with zero attached hydrogens (tertiary/aromatic N) is 2. The van der Waals surface area contributed by atoms with Crippen LogP contribution in [0.15, 0.2) is 12.1 Å². The lowest BCUT2D eigenvalue weighted by Gasteiger charge is -2.38. The van der Waals surface area contributed by atoms with Gasteiger partial charge in [-0.2, -0.15) is 0 Å². The molecule has 2 aliphatic rings. The molecule has 1 spiro atoms. The second-order valence-electron chi connectivity index (χ2n) is 7.35. The fraction of sp³-hybridized carbons (Fsp3) is 0.632. The van der Waals surface area contributed by atoms with E-state index in [0.29, 0.717) is 35.9 Å². The van der Waals surface area contributed by atoms with E-state index in [1.807, 2.05) is 9.80 Å². The first-order valence-corrected chi connectivity index (χ1v) is 9.92. The molecule has 0 radical (unpaired) electrons. The average molecular weight is 378 g/mol. The van der Waals surface area contributed by atoms with Crippen LogP contribution in [0.1, 0.15) is 52.0 Å². The Balaban J connectivity index is 1.56. The summed E-state index contributed by atoms with van der Waals surface area (Å²) in [6.45, 7) is 5.07. The van der Waals surface area contributed by atoms with E-state index < -0.39 is 0 Å². The minimum absolute atomic E-state index is 0.00127. The highest BCUT2D eigenvalue weighted by atomic mass is 32.1. The van der Waals surface area contributed by atoms with Gasteiger partial charge in [-0.1, -0.05) is 0 Å². The zero-order chi connectivity index (χ0) is 18.7. The van der Waals surface area contributed by atoms with Crippen molar-refractivity contribution in [2.24, 2.45) is 5.41 Å². The van der Waals surface area contributed by atoms with E-state index in [0.717, 1.165) is 32.4 Å². The number of hydrogen-bond acceptors (Lipinski definition) is 5. The largest absolute Gasteiger partial charge is 0.385 e. The van der Waals surface area contributed by atoms with Gasteiger partial charge in [-0.25, -0.2) is 0 Å². The number of rotatable bonds is 6. The van der Waals surface area contributed by atoms with Crippen molar-refractivity contribution in [2.75, 3.05) is 39.9 Å². The van der Waals surface area contributed by atoms with Crippen molar-refractivity contribution >= 4 is 28.9 Å². The van der Waals surface area contributed by atoms with Crippen LogP contribution < -0.4 is 0 Å². The number of methoxy groups -OCH3 is 1. The summed E-state index contributed by atoms with van der Waals surface area (Å²) >= 11 is 1.26. The van der Waals surface area contributed by atoms with Crippen molar-refractivity contribution in [2.45, 2.75) is 32.6 Å². The van der Waals surface area contributed by atoms with Crippen LogP contribution in [0.3, 0.4) is 0 Å². The van der Waals surface area contributed by atoms with Gasteiger partial charge in [0.05, 0.1) is 9.75 Å². The number of carbonyl (C=O) groups excluding carboxylic acids is 3. The number of ether oxygens (including phenoxy) is 1. The number of hydrogen-bond donors (Lipinski definition) is 0. The highest BCUT2D eigenvalue weighted by Gasteiger charge is 2.45. The molecule has 0 saturated carbocycles. The third kappa shape index (κ3) is 3.99. The van der Waals surface area contributed by atoms with Gasteiger partial charge in [-0.3, -0.25) is 14.4 Å². The fourth-order valence-corrected chi connectivity index (χ4v) is 4.77. The van der Waals surface area contributed by atoms with E-state index in [1.54, 1.807) is 19.2 Å². The number of carbonyl (C=O) groups is 3. The van der Waals surface area contributed by atoms with Gasteiger partial charge in [0.1, 0.15) is 0 Å².